The van der Waals surface area contributed by atoms with Gasteiger partial charge in [-0.25, -0.2) is 22.5 Å². The van der Waals surface area contributed by atoms with Crippen molar-refractivity contribution >= 4 is 10.0 Å². The summed E-state index contributed by atoms with van der Waals surface area (Å²) in [7, 11) is -3.61. The number of aromatic nitrogens is 2. The number of nitrogens with one attached hydrogen (secondary N) is 1. The molecule has 0 saturated heterocycles. The number of hydrogen-bond donors (Lipinski definition) is 2. The molecule has 8 heteroatoms. The molecule has 2 aliphatic carbocycles. The van der Waals surface area contributed by atoms with Crippen LogP contribution in [0.5, 0.6) is 0 Å². The van der Waals surface area contributed by atoms with E-state index in [0.29, 0.717) is 17.9 Å². The Bertz CT molecular complexity index is 1390. The minimum absolute atomic E-state index is 0.148. The Kier molecular flexibility index (Phi) is 6.24. The molecular formula is C29H34FN3O3S. The molecule has 2 saturated carbocycles. The zero-order valence-corrected chi connectivity index (χ0v) is 21.9. The molecular weight excluding hydrogens is 489 g/mol. The van der Waals surface area contributed by atoms with Crippen LogP contribution in [0.15, 0.2) is 66.0 Å². The van der Waals surface area contributed by atoms with Crippen molar-refractivity contribution in [1.29, 1.82) is 0 Å². The summed E-state index contributed by atoms with van der Waals surface area (Å²) < 4.78 is 46.2. The predicted molar refractivity (Wildman–Crippen MR) is 140 cm³/mol. The van der Waals surface area contributed by atoms with E-state index in [1.807, 2.05) is 16.7 Å². The van der Waals surface area contributed by atoms with Crippen molar-refractivity contribution in [2.45, 2.75) is 75.0 Å². The fourth-order valence-corrected chi connectivity index (χ4v) is 8.82. The first-order valence-corrected chi connectivity index (χ1v) is 14.9. The summed E-state index contributed by atoms with van der Waals surface area (Å²) >= 11 is 0. The maximum absolute atomic E-state index is 15.0. The highest BCUT2D eigenvalue weighted by Crippen LogP contribution is 2.54. The van der Waals surface area contributed by atoms with Crippen LogP contribution in [0.25, 0.3) is 11.3 Å². The molecule has 3 aliphatic rings. The van der Waals surface area contributed by atoms with Gasteiger partial charge in [0.05, 0.1) is 35.3 Å². The zero-order chi connectivity index (χ0) is 25.8. The number of halogens is 1. The Morgan fingerprint density at radius 2 is 1.97 bits per heavy atom. The Balaban J connectivity index is 1.25. The summed E-state index contributed by atoms with van der Waals surface area (Å²) in [5.41, 5.74) is 2.03. The van der Waals surface area contributed by atoms with Gasteiger partial charge in [-0.3, -0.25) is 0 Å². The fourth-order valence-electron chi connectivity index (χ4n) is 7.46. The molecule has 0 radical (unpaired) electrons. The number of rotatable bonds is 7. The van der Waals surface area contributed by atoms with Crippen LogP contribution in [0.1, 0.15) is 63.5 Å². The average molecular weight is 524 g/mol. The number of benzene rings is 2. The topological polar surface area (TPSA) is 84.2 Å². The summed E-state index contributed by atoms with van der Waals surface area (Å²) in [6.45, 7) is 2.12. The molecule has 2 bridgehead atoms. The van der Waals surface area contributed by atoms with Gasteiger partial charge >= 0.3 is 0 Å². The van der Waals surface area contributed by atoms with Crippen molar-refractivity contribution in [1.82, 2.24) is 14.3 Å². The van der Waals surface area contributed by atoms with Gasteiger partial charge in [-0.2, -0.15) is 0 Å². The number of imidazole rings is 1. The lowest BCUT2D eigenvalue weighted by atomic mass is 9.56. The summed E-state index contributed by atoms with van der Waals surface area (Å²) in [6, 6.07) is 13.2. The highest BCUT2D eigenvalue weighted by atomic mass is 32.2. The Hall–Kier alpha value is -2.55. The molecule has 6 unspecified atom stereocenters. The third-order valence-electron chi connectivity index (χ3n) is 9.34. The van der Waals surface area contributed by atoms with Crippen molar-refractivity contribution in [3.63, 3.8) is 0 Å². The highest BCUT2D eigenvalue weighted by molar-refractivity contribution is 7.89. The monoisotopic (exact) mass is 523 g/mol. The van der Waals surface area contributed by atoms with Gasteiger partial charge in [0.2, 0.25) is 10.0 Å². The third kappa shape index (κ3) is 4.23. The average Bonchev–Trinajstić information content (AvgIpc) is 3.49. The van der Waals surface area contributed by atoms with Gasteiger partial charge in [-0.05, 0) is 80.4 Å². The van der Waals surface area contributed by atoms with Gasteiger partial charge in [-0.15, -0.1) is 0 Å². The van der Waals surface area contributed by atoms with Gasteiger partial charge in [0, 0.05) is 17.2 Å². The first kappa shape index (κ1) is 24.8. The lowest BCUT2D eigenvalue weighted by Crippen LogP contribution is -2.52. The number of sulfonamides is 1. The van der Waals surface area contributed by atoms with Gasteiger partial charge in [0.15, 0.2) is 0 Å². The summed E-state index contributed by atoms with van der Waals surface area (Å²) in [5, 5.41) is 11.8. The van der Waals surface area contributed by atoms with Gasteiger partial charge in [0.25, 0.3) is 0 Å². The third-order valence-corrected chi connectivity index (χ3v) is 10.8. The Labute approximate surface area is 218 Å². The lowest BCUT2D eigenvalue weighted by molar-refractivity contribution is -0.0657. The van der Waals surface area contributed by atoms with E-state index in [4.69, 9.17) is 0 Å². The molecule has 0 amide bonds. The maximum atomic E-state index is 15.0. The summed E-state index contributed by atoms with van der Waals surface area (Å²) in [5.74, 6) is 0.374. The molecule has 3 aromatic rings. The van der Waals surface area contributed by atoms with Gasteiger partial charge < -0.3 is 9.67 Å². The molecule has 2 aromatic carbocycles. The molecule has 1 aromatic heterocycles. The minimum atomic E-state index is -3.61. The summed E-state index contributed by atoms with van der Waals surface area (Å²) in [6.07, 6.45) is 8.47. The highest BCUT2D eigenvalue weighted by Gasteiger charge is 2.49. The van der Waals surface area contributed by atoms with Crippen molar-refractivity contribution < 1.29 is 17.9 Å². The van der Waals surface area contributed by atoms with Crippen LogP contribution in [0.3, 0.4) is 0 Å². The largest absolute Gasteiger partial charge is 0.392 e. The molecule has 6 nitrogen and oxygen atoms in total. The molecule has 2 heterocycles. The van der Waals surface area contributed by atoms with E-state index in [-0.39, 0.29) is 34.1 Å². The first-order valence-electron chi connectivity index (χ1n) is 13.4. The van der Waals surface area contributed by atoms with Crippen LogP contribution in [-0.4, -0.2) is 35.2 Å². The van der Waals surface area contributed by atoms with E-state index in [9.17, 15) is 13.5 Å². The van der Waals surface area contributed by atoms with E-state index in [1.165, 1.54) is 6.07 Å². The van der Waals surface area contributed by atoms with E-state index in [0.717, 1.165) is 49.8 Å². The Morgan fingerprint density at radius 1 is 1.16 bits per heavy atom. The standard InChI is InChI=1S/C29H34FN3O3S/c1-2-29(27(34)14-25-28-22(9-6-10-23(28)30)26-17-31-18-33(25)26)15-19-11-12-24(20(13-19)16-29)32-37(35,36)21-7-4-3-5-8-21/h3-10,17-20,24-25,27,32,34H,2,11-16H2,1H3. The first-order chi connectivity index (χ1) is 17.8. The second-order valence-electron chi connectivity index (χ2n) is 11.3. The smallest absolute Gasteiger partial charge is 0.240 e. The molecule has 37 heavy (non-hydrogen) atoms. The minimum Gasteiger partial charge on any atom is -0.392 e. The maximum Gasteiger partial charge on any atom is 0.240 e. The van der Waals surface area contributed by atoms with Crippen molar-refractivity contribution in [3.8, 4) is 11.3 Å². The number of aliphatic hydroxyl groups excluding tert-OH is 1. The van der Waals surface area contributed by atoms with Gasteiger partial charge in [-0.1, -0.05) is 37.3 Å². The van der Waals surface area contributed by atoms with Crippen LogP contribution >= 0.6 is 0 Å². The van der Waals surface area contributed by atoms with E-state index < -0.39 is 16.1 Å². The number of hydrogen-bond acceptors (Lipinski definition) is 4. The molecule has 2 N–H and O–H groups in total. The normalized spacial score (nSPS) is 29.5. The molecule has 6 atom stereocenters. The second kappa shape index (κ2) is 9.33. The molecule has 0 spiro atoms. The van der Waals surface area contributed by atoms with Crippen LogP contribution in [0, 0.1) is 23.1 Å². The van der Waals surface area contributed by atoms with Crippen LogP contribution in [0.2, 0.25) is 0 Å². The molecule has 6 rings (SSSR count). The SMILES string of the molecule is CCC1(C(O)CC2c3c(F)cccc3-c3cncn32)CC2CCC(NS(=O)(=O)c3ccccc3)C(C2)C1. The zero-order valence-electron chi connectivity index (χ0n) is 21.1. The molecule has 1 aliphatic heterocycles. The van der Waals surface area contributed by atoms with Crippen LogP contribution in [0.4, 0.5) is 4.39 Å². The lowest BCUT2D eigenvalue weighted by Gasteiger charge is -2.52. The van der Waals surface area contributed by atoms with Gasteiger partial charge in [0.1, 0.15) is 5.82 Å². The quantitative estimate of drug-likeness (QED) is 0.440. The van der Waals surface area contributed by atoms with Crippen LogP contribution < -0.4 is 4.72 Å². The van der Waals surface area contributed by atoms with E-state index in [2.05, 4.69) is 16.6 Å². The fraction of sp³-hybridized carbons (Fsp3) is 0.483. The van der Waals surface area contributed by atoms with Crippen molar-refractivity contribution in [2.24, 2.45) is 17.3 Å². The number of nitrogens with zero attached hydrogens (tertiary/aromatic N) is 2. The van der Waals surface area contributed by atoms with E-state index >= 15 is 4.39 Å². The van der Waals surface area contributed by atoms with Crippen molar-refractivity contribution in [3.05, 3.63) is 72.4 Å². The van der Waals surface area contributed by atoms with E-state index in [1.54, 1.807) is 42.9 Å². The molecule has 2 fully saturated rings. The Morgan fingerprint density at radius 3 is 2.76 bits per heavy atom. The summed E-state index contributed by atoms with van der Waals surface area (Å²) in [4.78, 5) is 4.57. The number of fused-ring (bicyclic) bond motifs is 5. The van der Waals surface area contributed by atoms with Crippen LogP contribution in [-0.2, 0) is 10.0 Å². The van der Waals surface area contributed by atoms with Crippen molar-refractivity contribution in [2.75, 3.05) is 0 Å². The molecule has 196 valence electrons. The second-order valence-corrected chi connectivity index (χ2v) is 13.0. The number of aliphatic hydroxyl groups is 1. The predicted octanol–water partition coefficient (Wildman–Crippen LogP) is 5.30.